The van der Waals surface area contributed by atoms with Gasteiger partial charge in [0.25, 0.3) is 0 Å². The molecule has 0 aliphatic heterocycles. The van der Waals surface area contributed by atoms with Crippen molar-refractivity contribution in [3.8, 4) is 0 Å². The zero-order valence-electron chi connectivity index (χ0n) is 11.2. The third kappa shape index (κ3) is 3.57. The van der Waals surface area contributed by atoms with Crippen LogP contribution in [0, 0.1) is 12.8 Å². The molecule has 0 saturated heterocycles. The zero-order valence-corrected chi connectivity index (χ0v) is 11.2. The lowest BCUT2D eigenvalue weighted by Gasteiger charge is -2.19. The minimum absolute atomic E-state index is 0.537. The Kier molecular flexibility index (Phi) is 4.61. The van der Waals surface area contributed by atoms with E-state index in [0.717, 1.165) is 5.92 Å². The summed E-state index contributed by atoms with van der Waals surface area (Å²) in [6.07, 6.45) is 8.51. The summed E-state index contributed by atoms with van der Waals surface area (Å²) in [6, 6.07) is 9.45. The molecule has 1 aliphatic carbocycles. The molecule has 0 bridgehead atoms. The Morgan fingerprint density at radius 2 is 2.06 bits per heavy atom. The first kappa shape index (κ1) is 12.6. The Bertz CT molecular complexity index is 339. The van der Waals surface area contributed by atoms with E-state index in [1.807, 2.05) is 0 Å². The van der Waals surface area contributed by atoms with Gasteiger partial charge in [0.2, 0.25) is 0 Å². The highest BCUT2D eigenvalue weighted by Gasteiger charge is 2.17. The third-order valence-corrected chi connectivity index (χ3v) is 4.13. The van der Waals surface area contributed by atoms with E-state index < -0.39 is 0 Å². The van der Waals surface area contributed by atoms with Crippen LogP contribution in [-0.4, -0.2) is 7.05 Å². The van der Waals surface area contributed by atoms with Gasteiger partial charge in [-0.15, -0.1) is 0 Å². The van der Waals surface area contributed by atoms with Gasteiger partial charge in [-0.1, -0.05) is 55.5 Å². The largest absolute Gasteiger partial charge is 0.313 e. The minimum Gasteiger partial charge on any atom is -0.313 e. The molecule has 17 heavy (non-hydrogen) atoms. The highest BCUT2D eigenvalue weighted by atomic mass is 14.9. The van der Waals surface area contributed by atoms with Crippen LogP contribution in [0.25, 0.3) is 0 Å². The molecule has 1 aromatic carbocycles. The van der Waals surface area contributed by atoms with Gasteiger partial charge in [-0.3, -0.25) is 0 Å². The van der Waals surface area contributed by atoms with Crippen molar-refractivity contribution in [3.05, 3.63) is 35.4 Å². The average molecular weight is 231 g/mol. The molecule has 1 unspecified atom stereocenters. The van der Waals surface area contributed by atoms with E-state index in [1.165, 1.54) is 49.7 Å². The van der Waals surface area contributed by atoms with Crippen LogP contribution in [0.3, 0.4) is 0 Å². The molecule has 1 saturated carbocycles. The lowest BCUT2D eigenvalue weighted by atomic mass is 9.94. The third-order valence-electron chi connectivity index (χ3n) is 4.13. The van der Waals surface area contributed by atoms with Crippen molar-refractivity contribution < 1.29 is 0 Å². The lowest BCUT2D eigenvalue weighted by Crippen LogP contribution is -2.17. The van der Waals surface area contributed by atoms with Crippen molar-refractivity contribution in [1.82, 2.24) is 5.32 Å². The molecule has 0 spiro atoms. The van der Waals surface area contributed by atoms with Crippen LogP contribution in [0.1, 0.15) is 55.7 Å². The monoisotopic (exact) mass is 231 g/mol. The first-order valence-electron chi connectivity index (χ1n) is 7.03. The van der Waals surface area contributed by atoms with Crippen LogP contribution in [0.2, 0.25) is 0 Å². The first-order chi connectivity index (χ1) is 8.29. The van der Waals surface area contributed by atoms with E-state index in [-0.39, 0.29) is 0 Å². The summed E-state index contributed by atoms with van der Waals surface area (Å²) in [7, 11) is 2.08. The zero-order chi connectivity index (χ0) is 12.1. The standard InChI is InChI=1S/C16H25N/c1-13-6-5-9-15(12-13)16(17-2)11-10-14-7-3-4-8-14/h5-6,9,12,14,16-17H,3-4,7-8,10-11H2,1-2H3. The van der Waals surface area contributed by atoms with Gasteiger partial charge in [0, 0.05) is 6.04 Å². The van der Waals surface area contributed by atoms with E-state index in [0.29, 0.717) is 6.04 Å². The molecule has 94 valence electrons. The Balaban J connectivity index is 1.91. The van der Waals surface area contributed by atoms with Crippen LogP contribution >= 0.6 is 0 Å². The quantitative estimate of drug-likeness (QED) is 0.800. The SMILES string of the molecule is CNC(CCC1CCCC1)c1cccc(C)c1. The molecule has 1 aliphatic rings. The van der Waals surface area contributed by atoms with Crippen LogP contribution in [0.5, 0.6) is 0 Å². The molecule has 1 atom stereocenters. The predicted molar refractivity (Wildman–Crippen MR) is 74.2 cm³/mol. The van der Waals surface area contributed by atoms with Crippen LogP contribution in [0.15, 0.2) is 24.3 Å². The van der Waals surface area contributed by atoms with Crippen molar-refractivity contribution in [1.29, 1.82) is 0 Å². The topological polar surface area (TPSA) is 12.0 Å². The fourth-order valence-corrected chi connectivity index (χ4v) is 3.07. The predicted octanol–water partition coefficient (Wildman–Crippen LogP) is 4.23. The number of aryl methyl sites for hydroxylation is 1. The van der Waals surface area contributed by atoms with E-state index in [2.05, 4.69) is 43.6 Å². The van der Waals surface area contributed by atoms with E-state index >= 15 is 0 Å². The number of rotatable bonds is 5. The molecule has 0 heterocycles. The highest BCUT2D eigenvalue weighted by molar-refractivity contribution is 5.25. The van der Waals surface area contributed by atoms with Crippen LogP contribution in [0.4, 0.5) is 0 Å². The Morgan fingerprint density at radius 3 is 2.71 bits per heavy atom. The average Bonchev–Trinajstić information content (AvgIpc) is 2.83. The second-order valence-electron chi connectivity index (χ2n) is 5.48. The second kappa shape index (κ2) is 6.20. The number of nitrogens with one attached hydrogen (secondary N) is 1. The van der Waals surface area contributed by atoms with Crippen molar-refractivity contribution in [2.75, 3.05) is 7.05 Å². The van der Waals surface area contributed by atoms with Crippen molar-refractivity contribution in [2.24, 2.45) is 5.92 Å². The fourth-order valence-electron chi connectivity index (χ4n) is 3.07. The van der Waals surface area contributed by atoms with Crippen molar-refractivity contribution in [2.45, 2.75) is 51.5 Å². The number of benzene rings is 1. The van der Waals surface area contributed by atoms with Gasteiger partial charge in [-0.25, -0.2) is 0 Å². The van der Waals surface area contributed by atoms with Crippen LogP contribution in [-0.2, 0) is 0 Å². The van der Waals surface area contributed by atoms with Gasteiger partial charge in [0.15, 0.2) is 0 Å². The highest BCUT2D eigenvalue weighted by Crippen LogP contribution is 2.31. The van der Waals surface area contributed by atoms with Gasteiger partial charge in [0.1, 0.15) is 0 Å². The smallest absolute Gasteiger partial charge is 0.0317 e. The summed E-state index contributed by atoms with van der Waals surface area (Å²) in [5.41, 5.74) is 2.81. The number of hydrogen-bond acceptors (Lipinski definition) is 1. The summed E-state index contributed by atoms with van der Waals surface area (Å²) in [6.45, 7) is 2.17. The summed E-state index contributed by atoms with van der Waals surface area (Å²) in [5, 5.41) is 3.47. The molecule has 1 heteroatoms. The van der Waals surface area contributed by atoms with Gasteiger partial charge in [-0.05, 0) is 38.3 Å². The van der Waals surface area contributed by atoms with Crippen molar-refractivity contribution >= 4 is 0 Å². The van der Waals surface area contributed by atoms with Gasteiger partial charge in [-0.2, -0.15) is 0 Å². The van der Waals surface area contributed by atoms with Gasteiger partial charge < -0.3 is 5.32 Å². The van der Waals surface area contributed by atoms with E-state index in [1.54, 1.807) is 0 Å². The summed E-state index contributed by atoms with van der Waals surface area (Å²) < 4.78 is 0. The molecular formula is C16H25N. The number of hydrogen-bond donors (Lipinski definition) is 1. The summed E-state index contributed by atoms with van der Waals surface area (Å²) >= 11 is 0. The molecule has 1 aromatic rings. The van der Waals surface area contributed by atoms with E-state index in [4.69, 9.17) is 0 Å². The summed E-state index contributed by atoms with van der Waals surface area (Å²) in [4.78, 5) is 0. The van der Waals surface area contributed by atoms with E-state index in [9.17, 15) is 0 Å². The molecule has 0 radical (unpaired) electrons. The minimum atomic E-state index is 0.537. The van der Waals surface area contributed by atoms with Crippen LogP contribution < -0.4 is 5.32 Å². The fraction of sp³-hybridized carbons (Fsp3) is 0.625. The Hall–Kier alpha value is -0.820. The molecule has 1 nitrogen and oxygen atoms in total. The normalized spacial score (nSPS) is 18.5. The molecular weight excluding hydrogens is 206 g/mol. The lowest BCUT2D eigenvalue weighted by molar-refractivity contribution is 0.427. The Labute approximate surface area is 106 Å². The molecule has 2 rings (SSSR count). The van der Waals surface area contributed by atoms with Gasteiger partial charge >= 0.3 is 0 Å². The maximum absolute atomic E-state index is 3.47. The van der Waals surface area contributed by atoms with Crippen molar-refractivity contribution in [3.63, 3.8) is 0 Å². The summed E-state index contributed by atoms with van der Waals surface area (Å²) in [5.74, 6) is 0.996. The molecule has 1 fully saturated rings. The molecule has 0 amide bonds. The molecule has 0 aromatic heterocycles. The maximum Gasteiger partial charge on any atom is 0.0317 e. The first-order valence-corrected chi connectivity index (χ1v) is 7.03. The molecule has 1 N–H and O–H groups in total. The second-order valence-corrected chi connectivity index (χ2v) is 5.48. The van der Waals surface area contributed by atoms with Gasteiger partial charge in [0.05, 0.1) is 0 Å². The maximum atomic E-state index is 3.47. The Morgan fingerprint density at radius 1 is 1.29 bits per heavy atom.